The van der Waals surface area contributed by atoms with Gasteiger partial charge in [-0.15, -0.1) is 0 Å². The Hall–Kier alpha value is -1.81. The van der Waals surface area contributed by atoms with Gasteiger partial charge in [-0.25, -0.2) is 0 Å². The van der Waals surface area contributed by atoms with Crippen LogP contribution in [0.2, 0.25) is 0 Å². The SMILES string of the molecule is CCN(Cc1cc(CNC(C)(C)C)no1)c1ccccc1. The van der Waals surface area contributed by atoms with Crippen LogP contribution in [0.25, 0.3) is 0 Å². The lowest BCUT2D eigenvalue weighted by molar-refractivity contribution is 0.364. The van der Waals surface area contributed by atoms with Crippen LogP contribution >= 0.6 is 0 Å². The average Bonchev–Trinajstić information content (AvgIpc) is 2.90. The van der Waals surface area contributed by atoms with E-state index in [4.69, 9.17) is 4.52 Å². The number of hydrogen-bond acceptors (Lipinski definition) is 4. The Morgan fingerprint density at radius 3 is 2.52 bits per heavy atom. The molecule has 0 aliphatic rings. The standard InChI is InChI=1S/C17H25N3O/c1-5-20(15-9-7-6-8-10-15)13-16-11-14(19-21-16)12-18-17(2,3)4/h6-11,18H,5,12-13H2,1-4H3. The number of anilines is 1. The number of nitrogens with one attached hydrogen (secondary N) is 1. The zero-order valence-corrected chi connectivity index (χ0v) is 13.4. The van der Waals surface area contributed by atoms with Gasteiger partial charge in [-0.3, -0.25) is 0 Å². The molecular formula is C17H25N3O. The third kappa shape index (κ3) is 4.90. The zero-order valence-electron chi connectivity index (χ0n) is 13.4. The first-order valence-corrected chi connectivity index (χ1v) is 7.47. The van der Waals surface area contributed by atoms with E-state index in [1.54, 1.807) is 0 Å². The lowest BCUT2D eigenvalue weighted by Gasteiger charge is -2.21. The Kier molecular flexibility index (Phi) is 5.02. The number of nitrogens with zero attached hydrogens (tertiary/aromatic N) is 2. The molecular weight excluding hydrogens is 262 g/mol. The summed E-state index contributed by atoms with van der Waals surface area (Å²) in [5.41, 5.74) is 2.23. The molecule has 0 aliphatic carbocycles. The Bertz CT molecular complexity index is 543. The van der Waals surface area contributed by atoms with Crippen LogP contribution in [0.5, 0.6) is 0 Å². The fourth-order valence-electron chi connectivity index (χ4n) is 2.08. The normalized spacial score (nSPS) is 11.6. The van der Waals surface area contributed by atoms with E-state index in [9.17, 15) is 0 Å². The number of rotatable bonds is 6. The highest BCUT2D eigenvalue weighted by Crippen LogP contribution is 2.17. The molecule has 0 radical (unpaired) electrons. The molecule has 0 saturated heterocycles. The minimum absolute atomic E-state index is 0.0820. The number of hydrogen-bond donors (Lipinski definition) is 1. The van der Waals surface area contributed by atoms with Crippen molar-refractivity contribution in [3.63, 3.8) is 0 Å². The molecule has 4 heteroatoms. The predicted octanol–water partition coefficient (Wildman–Crippen LogP) is 3.59. The van der Waals surface area contributed by atoms with Crippen LogP contribution in [0.4, 0.5) is 5.69 Å². The third-order valence-electron chi connectivity index (χ3n) is 3.26. The van der Waals surface area contributed by atoms with Crippen LogP contribution in [-0.2, 0) is 13.1 Å². The predicted molar refractivity (Wildman–Crippen MR) is 86.3 cm³/mol. The van der Waals surface area contributed by atoms with Gasteiger partial charge in [0.2, 0.25) is 0 Å². The monoisotopic (exact) mass is 287 g/mol. The van der Waals surface area contributed by atoms with Crippen LogP contribution in [-0.4, -0.2) is 17.2 Å². The summed E-state index contributed by atoms with van der Waals surface area (Å²) in [7, 11) is 0. The maximum atomic E-state index is 5.45. The molecule has 0 unspecified atom stereocenters. The first-order chi connectivity index (χ1) is 9.98. The van der Waals surface area contributed by atoms with E-state index < -0.39 is 0 Å². The molecule has 2 aromatic rings. The van der Waals surface area contributed by atoms with Gasteiger partial charge in [0.15, 0.2) is 5.76 Å². The van der Waals surface area contributed by atoms with Crippen LogP contribution in [0.15, 0.2) is 40.9 Å². The van der Waals surface area contributed by atoms with E-state index in [0.29, 0.717) is 0 Å². The van der Waals surface area contributed by atoms with Gasteiger partial charge in [-0.2, -0.15) is 0 Å². The van der Waals surface area contributed by atoms with Gasteiger partial charge in [0, 0.05) is 30.4 Å². The van der Waals surface area contributed by atoms with Crippen molar-refractivity contribution in [2.45, 2.75) is 46.3 Å². The summed E-state index contributed by atoms with van der Waals surface area (Å²) < 4.78 is 5.45. The Balaban J connectivity index is 1.98. The largest absolute Gasteiger partial charge is 0.364 e. The topological polar surface area (TPSA) is 41.3 Å². The summed E-state index contributed by atoms with van der Waals surface area (Å²) in [4.78, 5) is 2.27. The fraction of sp³-hybridized carbons (Fsp3) is 0.471. The first kappa shape index (κ1) is 15.6. The number of para-hydroxylation sites is 1. The first-order valence-electron chi connectivity index (χ1n) is 7.47. The molecule has 0 bridgehead atoms. The van der Waals surface area contributed by atoms with E-state index >= 15 is 0 Å². The second-order valence-electron chi connectivity index (χ2n) is 6.24. The van der Waals surface area contributed by atoms with Gasteiger partial charge in [0.25, 0.3) is 0 Å². The Labute approximate surface area is 127 Å². The maximum Gasteiger partial charge on any atom is 0.156 e. The summed E-state index contributed by atoms with van der Waals surface area (Å²) in [5, 5.41) is 7.55. The van der Waals surface area contributed by atoms with E-state index in [2.05, 4.69) is 67.3 Å². The van der Waals surface area contributed by atoms with Gasteiger partial charge in [0.1, 0.15) is 0 Å². The molecule has 0 spiro atoms. The van der Waals surface area contributed by atoms with Crippen LogP contribution < -0.4 is 10.2 Å². The van der Waals surface area contributed by atoms with Gasteiger partial charge in [-0.05, 0) is 39.8 Å². The molecule has 114 valence electrons. The lowest BCUT2D eigenvalue weighted by Crippen LogP contribution is -2.35. The van der Waals surface area contributed by atoms with Gasteiger partial charge in [-0.1, -0.05) is 23.4 Å². The molecule has 0 fully saturated rings. The second-order valence-corrected chi connectivity index (χ2v) is 6.24. The molecule has 1 heterocycles. The van der Waals surface area contributed by atoms with E-state index in [1.807, 2.05) is 12.1 Å². The van der Waals surface area contributed by atoms with Crippen molar-refractivity contribution in [1.29, 1.82) is 0 Å². The minimum atomic E-state index is 0.0820. The van der Waals surface area contributed by atoms with Crippen molar-refractivity contribution in [3.8, 4) is 0 Å². The quantitative estimate of drug-likeness (QED) is 0.881. The highest BCUT2D eigenvalue weighted by Gasteiger charge is 2.12. The summed E-state index contributed by atoms with van der Waals surface area (Å²) in [6.45, 7) is 11.0. The van der Waals surface area contributed by atoms with Gasteiger partial charge in [0.05, 0.1) is 12.2 Å². The van der Waals surface area contributed by atoms with E-state index in [1.165, 1.54) is 5.69 Å². The number of aromatic nitrogens is 1. The van der Waals surface area contributed by atoms with Crippen molar-refractivity contribution < 1.29 is 4.52 Å². The average molecular weight is 287 g/mol. The summed E-state index contributed by atoms with van der Waals surface area (Å²) >= 11 is 0. The maximum absolute atomic E-state index is 5.45. The summed E-state index contributed by atoms with van der Waals surface area (Å²) in [6.07, 6.45) is 0. The third-order valence-corrected chi connectivity index (χ3v) is 3.26. The fourth-order valence-corrected chi connectivity index (χ4v) is 2.08. The van der Waals surface area contributed by atoms with Crippen LogP contribution in [0, 0.1) is 0 Å². The van der Waals surface area contributed by atoms with Crippen LogP contribution in [0.3, 0.4) is 0 Å². The Morgan fingerprint density at radius 1 is 1.19 bits per heavy atom. The Morgan fingerprint density at radius 2 is 1.90 bits per heavy atom. The molecule has 0 amide bonds. The van der Waals surface area contributed by atoms with Crippen molar-refractivity contribution in [2.75, 3.05) is 11.4 Å². The second kappa shape index (κ2) is 6.76. The van der Waals surface area contributed by atoms with Crippen molar-refractivity contribution >= 4 is 5.69 Å². The molecule has 0 atom stereocenters. The molecule has 1 aromatic heterocycles. The molecule has 1 aromatic carbocycles. The smallest absolute Gasteiger partial charge is 0.156 e. The van der Waals surface area contributed by atoms with Crippen LogP contribution in [0.1, 0.15) is 39.1 Å². The van der Waals surface area contributed by atoms with Gasteiger partial charge >= 0.3 is 0 Å². The van der Waals surface area contributed by atoms with Crippen molar-refractivity contribution in [2.24, 2.45) is 0 Å². The summed E-state index contributed by atoms with van der Waals surface area (Å²) in [5.74, 6) is 0.895. The number of benzene rings is 1. The minimum Gasteiger partial charge on any atom is -0.364 e. The lowest BCUT2D eigenvalue weighted by atomic mass is 10.1. The van der Waals surface area contributed by atoms with E-state index in [0.717, 1.165) is 31.1 Å². The molecule has 1 N–H and O–H groups in total. The highest BCUT2D eigenvalue weighted by atomic mass is 16.5. The molecule has 4 nitrogen and oxygen atoms in total. The zero-order chi connectivity index (χ0) is 15.3. The summed E-state index contributed by atoms with van der Waals surface area (Å²) in [6, 6.07) is 12.4. The molecule has 0 aliphatic heterocycles. The van der Waals surface area contributed by atoms with E-state index in [-0.39, 0.29) is 5.54 Å². The van der Waals surface area contributed by atoms with Gasteiger partial charge < -0.3 is 14.7 Å². The molecule has 2 rings (SSSR count). The molecule has 21 heavy (non-hydrogen) atoms. The van der Waals surface area contributed by atoms with Crippen molar-refractivity contribution in [1.82, 2.24) is 10.5 Å². The molecule has 0 saturated carbocycles. The van der Waals surface area contributed by atoms with Crippen molar-refractivity contribution in [3.05, 3.63) is 47.9 Å². The highest BCUT2D eigenvalue weighted by molar-refractivity contribution is 5.45.